The molecular weight excluding hydrogens is 447 g/mol. The van der Waals surface area contributed by atoms with Gasteiger partial charge in [-0.05, 0) is 89.2 Å². The second-order valence-corrected chi connectivity index (χ2v) is 9.54. The van der Waals surface area contributed by atoms with Gasteiger partial charge in [-0.15, -0.1) is 11.6 Å². The summed E-state index contributed by atoms with van der Waals surface area (Å²) in [5.41, 5.74) is 1.88. The quantitative estimate of drug-likeness (QED) is 0.447. The van der Waals surface area contributed by atoms with Crippen molar-refractivity contribution in [2.75, 3.05) is 5.88 Å². The molecule has 1 aromatic rings. The van der Waals surface area contributed by atoms with E-state index in [1.165, 1.54) is 11.1 Å². The Labute approximate surface area is 168 Å². The highest BCUT2D eigenvalue weighted by Crippen LogP contribution is 2.66. The Morgan fingerprint density at radius 2 is 2.16 bits per heavy atom. The summed E-state index contributed by atoms with van der Waals surface area (Å²) < 4.78 is 1.98. The summed E-state index contributed by atoms with van der Waals surface area (Å²) in [4.78, 5) is 0. The molecule has 0 amide bonds. The molecular formula is C21H26ClIO2. The highest BCUT2D eigenvalue weighted by Gasteiger charge is 2.62. The fourth-order valence-electron chi connectivity index (χ4n) is 6.44. The van der Waals surface area contributed by atoms with Crippen LogP contribution in [0, 0.1) is 23.2 Å². The van der Waals surface area contributed by atoms with Crippen LogP contribution in [0.1, 0.15) is 49.7 Å². The van der Waals surface area contributed by atoms with Crippen LogP contribution in [0.25, 0.3) is 0 Å². The average molecular weight is 473 g/mol. The fourth-order valence-corrected chi connectivity index (χ4v) is 7.33. The van der Waals surface area contributed by atoms with E-state index in [-0.39, 0.29) is 5.41 Å². The summed E-state index contributed by atoms with van der Waals surface area (Å²) >= 11 is 8.69. The highest BCUT2D eigenvalue weighted by atomic mass is 127. The van der Waals surface area contributed by atoms with Gasteiger partial charge in [0.1, 0.15) is 5.75 Å². The monoisotopic (exact) mass is 472 g/mol. The minimum Gasteiger partial charge on any atom is -0.508 e. The van der Waals surface area contributed by atoms with E-state index in [9.17, 15) is 10.2 Å². The molecule has 0 spiro atoms. The maximum atomic E-state index is 11.4. The first-order valence-corrected chi connectivity index (χ1v) is 11.1. The molecule has 0 radical (unpaired) electrons. The molecule has 6 atom stereocenters. The van der Waals surface area contributed by atoms with E-state index in [1.54, 1.807) is 0 Å². The summed E-state index contributed by atoms with van der Waals surface area (Å²) in [6.07, 6.45) is 7.10. The van der Waals surface area contributed by atoms with Crippen molar-refractivity contribution in [1.82, 2.24) is 0 Å². The number of alkyl halides is 1. The number of hydrogen-bond acceptors (Lipinski definition) is 2. The molecule has 0 aromatic heterocycles. The maximum Gasteiger partial charge on any atom is 0.115 e. The molecule has 2 saturated carbocycles. The van der Waals surface area contributed by atoms with Crippen LogP contribution < -0.4 is 0 Å². The first kappa shape index (κ1) is 18.1. The van der Waals surface area contributed by atoms with Crippen LogP contribution in [0.5, 0.6) is 5.75 Å². The van der Waals surface area contributed by atoms with Crippen molar-refractivity contribution in [2.45, 2.75) is 50.5 Å². The van der Waals surface area contributed by atoms with E-state index < -0.39 is 5.60 Å². The lowest BCUT2D eigenvalue weighted by Gasteiger charge is -2.55. The van der Waals surface area contributed by atoms with Gasteiger partial charge in [0.05, 0.1) is 5.60 Å². The van der Waals surface area contributed by atoms with Crippen molar-refractivity contribution in [3.05, 3.63) is 39.5 Å². The Morgan fingerprint density at radius 1 is 1.36 bits per heavy atom. The van der Waals surface area contributed by atoms with E-state index in [4.69, 9.17) is 11.6 Å². The van der Waals surface area contributed by atoms with Gasteiger partial charge >= 0.3 is 0 Å². The van der Waals surface area contributed by atoms with Crippen molar-refractivity contribution in [2.24, 2.45) is 23.2 Å². The average Bonchev–Trinajstić information content (AvgIpc) is 2.85. The number of halogens is 2. The minimum atomic E-state index is -0.705. The van der Waals surface area contributed by atoms with Gasteiger partial charge in [-0.25, -0.2) is 0 Å². The normalized spacial score (nSPS) is 42.9. The number of phenols is 1. The number of aromatic hydroxyl groups is 1. The zero-order chi connectivity index (χ0) is 17.8. The SMILES string of the molecule is C[C@]12C[C@H](CCl)[C@@H]3c4ccc(O)cc4CC[C@H]3[C@@H]1CC[C@@]2(O)/C=C/I. The van der Waals surface area contributed by atoms with Gasteiger partial charge in [0.2, 0.25) is 0 Å². The number of fused-ring (bicyclic) bond motifs is 5. The Hall–Kier alpha value is -0.260. The van der Waals surface area contributed by atoms with E-state index in [2.05, 4.69) is 35.6 Å². The molecule has 2 nitrogen and oxygen atoms in total. The zero-order valence-electron chi connectivity index (χ0n) is 14.6. The smallest absolute Gasteiger partial charge is 0.115 e. The van der Waals surface area contributed by atoms with Crippen LogP contribution in [-0.2, 0) is 6.42 Å². The largest absolute Gasteiger partial charge is 0.508 e. The summed E-state index contributed by atoms with van der Waals surface area (Å²) in [7, 11) is 0. The van der Waals surface area contributed by atoms with Gasteiger partial charge in [0, 0.05) is 11.3 Å². The second kappa shape index (κ2) is 6.42. The number of aryl methyl sites for hydroxylation is 1. The minimum absolute atomic E-state index is 0.0934. The third-order valence-electron chi connectivity index (χ3n) is 7.59. The molecule has 0 unspecified atom stereocenters. The number of benzene rings is 1. The lowest BCUT2D eigenvalue weighted by atomic mass is 9.50. The molecule has 3 aliphatic rings. The van der Waals surface area contributed by atoms with Gasteiger partial charge < -0.3 is 10.2 Å². The highest BCUT2D eigenvalue weighted by molar-refractivity contribution is 14.1. The van der Waals surface area contributed by atoms with Crippen molar-refractivity contribution in [1.29, 1.82) is 0 Å². The second-order valence-electron chi connectivity index (χ2n) is 8.51. The molecule has 25 heavy (non-hydrogen) atoms. The van der Waals surface area contributed by atoms with Crippen molar-refractivity contribution < 1.29 is 10.2 Å². The van der Waals surface area contributed by atoms with Gasteiger partial charge in [-0.1, -0.05) is 35.6 Å². The predicted molar refractivity (Wildman–Crippen MR) is 110 cm³/mol. The first-order valence-electron chi connectivity index (χ1n) is 9.31. The molecule has 0 aliphatic heterocycles. The zero-order valence-corrected chi connectivity index (χ0v) is 17.5. The van der Waals surface area contributed by atoms with Crippen LogP contribution in [0.15, 0.2) is 28.4 Å². The molecule has 2 N–H and O–H groups in total. The van der Waals surface area contributed by atoms with Crippen molar-refractivity contribution in [3.8, 4) is 5.75 Å². The van der Waals surface area contributed by atoms with E-state index in [0.717, 1.165) is 32.1 Å². The molecule has 4 rings (SSSR count). The van der Waals surface area contributed by atoms with E-state index >= 15 is 0 Å². The van der Waals surface area contributed by atoms with E-state index in [1.807, 2.05) is 22.3 Å². The summed E-state index contributed by atoms with van der Waals surface area (Å²) in [5, 5.41) is 21.3. The molecule has 0 heterocycles. The topological polar surface area (TPSA) is 40.5 Å². The fraction of sp³-hybridized carbons (Fsp3) is 0.619. The van der Waals surface area contributed by atoms with Crippen LogP contribution in [-0.4, -0.2) is 21.7 Å². The Balaban J connectivity index is 1.78. The van der Waals surface area contributed by atoms with Crippen molar-refractivity contribution >= 4 is 34.2 Å². The van der Waals surface area contributed by atoms with Crippen LogP contribution in [0.3, 0.4) is 0 Å². The molecule has 0 bridgehead atoms. The lowest BCUT2D eigenvalue weighted by molar-refractivity contribution is -0.0860. The molecule has 4 heteroatoms. The van der Waals surface area contributed by atoms with Crippen molar-refractivity contribution in [3.63, 3.8) is 0 Å². The molecule has 0 saturated heterocycles. The number of hydrogen-bond donors (Lipinski definition) is 2. The van der Waals surface area contributed by atoms with E-state index in [0.29, 0.717) is 35.3 Å². The Morgan fingerprint density at radius 3 is 2.88 bits per heavy atom. The van der Waals surface area contributed by atoms with Gasteiger partial charge in [-0.3, -0.25) is 0 Å². The van der Waals surface area contributed by atoms with Crippen LogP contribution >= 0.6 is 34.2 Å². The molecule has 2 fully saturated rings. The summed E-state index contributed by atoms with van der Waals surface area (Å²) in [6, 6.07) is 5.88. The third-order valence-corrected chi connectivity index (χ3v) is 8.34. The summed E-state index contributed by atoms with van der Waals surface area (Å²) in [6.45, 7) is 2.30. The van der Waals surface area contributed by atoms with Gasteiger partial charge in [0.15, 0.2) is 0 Å². The Bertz CT molecular complexity index is 705. The number of aliphatic hydroxyl groups is 1. The van der Waals surface area contributed by atoms with Gasteiger partial charge in [0.25, 0.3) is 0 Å². The third kappa shape index (κ3) is 2.60. The first-order chi connectivity index (χ1) is 11.9. The summed E-state index contributed by atoms with van der Waals surface area (Å²) in [5.74, 6) is 2.96. The predicted octanol–water partition coefficient (Wildman–Crippen LogP) is 5.39. The molecule has 136 valence electrons. The lowest BCUT2D eigenvalue weighted by Crippen LogP contribution is -2.53. The molecule has 3 aliphatic carbocycles. The number of rotatable bonds is 2. The maximum absolute atomic E-state index is 11.4. The van der Waals surface area contributed by atoms with Crippen LogP contribution in [0.2, 0.25) is 0 Å². The van der Waals surface area contributed by atoms with Crippen LogP contribution in [0.4, 0.5) is 0 Å². The molecule has 1 aromatic carbocycles. The standard InChI is InChI=1S/C21H26ClIO2/c1-20-11-14(12-22)19-16-5-3-15(24)10-13(16)2-4-17(19)18(20)6-7-21(20,25)8-9-23/h3,5,8-10,14,17-19,24-25H,2,4,6-7,11-12H2,1H3/b9-8+/t14-,17+,18+,19-,20+,21-/m1/s1. The Kier molecular flexibility index (Phi) is 4.65. The number of phenolic OH excluding ortho intramolecular Hbond substituents is 1. The van der Waals surface area contributed by atoms with Gasteiger partial charge in [-0.2, -0.15) is 0 Å².